The maximum atomic E-state index is 10.5. The van der Waals surface area contributed by atoms with E-state index in [1.807, 2.05) is 0 Å². The number of carbonyl (C=O) groups is 1. The number of hydrogen-bond acceptors (Lipinski definition) is 1. The molecule has 52 valence electrons. The number of amides is 1. The van der Waals surface area contributed by atoms with Gasteiger partial charge in [-0.05, 0) is 6.42 Å². The Kier molecular flexibility index (Phi) is 3.54. The lowest BCUT2D eigenvalue weighted by Gasteiger charge is -1.98. The molecule has 0 bridgehead atoms. The van der Waals surface area contributed by atoms with Crippen molar-refractivity contribution in [2.24, 2.45) is 0 Å². The molecule has 1 saturated heterocycles. The van der Waals surface area contributed by atoms with Crippen LogP contribution >= 0.6 is 17.0 Å². The highest BCUT2D eigenvalue weighted by Gasteiger charge is 2.16. The van der Waals surface area contributed by atoms with Gasteiger partial charge in [0.1, 0.15) is 0 Å². The maximum absolute atomic E-state index is 10.5. The largest absolute Gasteiger partial charge is 0.350 e. The van der Waals surface area contributed by atoms with E-state index in [-0.39, 0.29) is 28.9 Å². The summed E-state index contributed by atoms with van der Waals surface area (Å²) in [4.78, 5) is 10.5. The van der Waals surface area contributed by atoms with Gasteiger partial charge >= 0.3 is 0 Å². The minimum absolute atomic E-state index is 0. The third-order valence-corrected chi connectivity index (χ3v) is 1.31. The van der Waals surface area contributed by atoms with Crippen LogP contribution < -0.4 is 5.32 Å². The molecular formula is C6H10BrNO. The lowest BCUT2D eigenvalue weighted by atomic mass is 10.2. The Morgan fingerprint density at radius 2 is 2.44 bits per heavy atom. The lowest BCUT2D eigenvalue weighted by molar-refractivity contribution is -0.119. The summed E-state index contributed by atoms with van der Waals surface area (Å²) < 4.78 is 0. The highest BCUT2D eigenvalue weighted by Crippen LogP contribution is 2.05. The molecule has 1 unspecified atom stereocenters. The molecule has 9 heavy (non-hydrogen) atoms. The van der Waals surface area contributed by atoms with Crippen molar-refractivity contribution in [3.63, 3.8) is 0 Å². The van der Waals surface area contributed by atoms with E-state index in [1.165, 1.54) is 0 Å². The highest BCUT2D eigenvalue weighted by molar-refractivity contribution is 8.93. The minimum atomic E-state index is 0. The van der Waals surface area contributed by atoms with Crippen LogP contribution in [0.4, 0.5) is 0 Å². The molecule has 0 spiro atoms. The topological polar surface area (TPSA) is 29.1 Å². The molecule has 1 aliphatic rings. The van der Waals surface area contributed by atoms with Crippen LogP contribution in [0.15, 0.2) is 12.7 Å². The first-order valence-electron chi connectivity index (χ1n) is 2.75. The van der Waals surface area contributed by atoms with Crippen LogP contribution in [0.1, 0.15) is 12.8 Å². The molecule has 0 aromatic heterocycles. The summed E-state index contributed by atoms with van der Waals surface area (Å²) in [5, 5.41) is 2.75. The Balaban J connectivity index is 0.000000640. The van der Waals surface area contributed by atoms with E-state index in [1.54, 1.807) is 6.08 Å². The first-order chi connectivity index (χ1) is 3.83. The lowest BCUT2D eigenvalue weighted by Crippen LogP contribution is -2.22. The second-order valence-electron chi connectivity index (χ2n) is 1.95. The molecule has 0 aromatic rings. The summed E-state index contributed by atoms with van der Waals surface area (Å²) in [5.41, 5.74) is 0. The van der Waals surface area contributed by atoms with Crippen LogP contribution in [0.2, 0.25) is 0 Å². The molecule has 1 atom stereocenters. The molecule has 0 saturated carbocycles. The van der Waals surface area contributed by atoms with Gasteiger partial charge in [0.2, 0.25) is 5.91 Å². The zero-order chi connectivity index (χ0) is 5.98. The van der Waals surface area contributed by atoms with Gasteiger partial charge in [-0.15, -0.1) is 23.6 Å². The molecule has 1 heterocycles. The normalized spacial score (nSPS) is 24.4. The monoisotopic (exact) mass is 191 g/mol. The molecule has 0 aromatic carbocycles. The van der Waals surface area contributed by atoms with Gasteiger partial charge in [0.25, 0.3) is 0 Å². The zero-order valence-electron chi connectivity index (χ0n) is 5.09. The van der Waals surface area contributed by atoms with Crippen molar-refractivity contribution in [2.45, 2.75) is 18.9 Å². The molecule has 0 aliphatic carbocycles. The molecule has 3 heteroatoms. The molecule has 1 aliphatic heterocycles. The summed E-state index contributed by atoms with van der Waals surface area (Å²) in [6.07, 6.45) is 3.35. The van der Waals surface area contributed by atoms with Gasteiger partial charge in [0.15, 0.2) is 0 Å². The van der Waals surface area contributed by atoms with Crippen LogP contribution in [-0.4, -0.2) is 11.9 Å². The van der Waals surface area contributed by atoms with E-state index < -0.39 is 0 Å². The van der Waals surface area contributed by atoms with Crippen molar-refractivity contribution in [2.75, 3.05) is 0 Å². The van der Waals surface area contributed by atoms with E-state index in [0.29, 0.717) is 6.42 Å². The van der Waals surface area contributed by atoms with Gasteiger partial charge in [-0.3, -0.25) is 4.79 Å². The number of carbonyl (C=O) groups excluding carboxylic acids is 1. The van der Waals surface area contributed by atoms with E-state index in [4.69, 9.17) is 0 Å². The second kappa shape index (κ2) is 3.67. The number of hydrogen-bond donors (Lipinski definition) is 1. The third kappa shape index (κ3) is 2.18. The van der Waals surface area contributed by atoms with Crippen molar-refractivity contribution < 1.29 is 4.79 Å². The van der Waals surface area contributed by atoms with Gasteiger partial charge in [0, 0.05) is 12.5 Å². The van der Waals surface area contributed by atoms with Crippen molar-refractivity contribution in [3.05, 3.63) is 12.7 Å². The van der Waals surface area contributed by atoms with Crippen LogP contribution in [0.3, 0.4) is 0 Å². The van der Waals surface area contributed by atoms with Crippen molar-refractivity contribution in [3.8, 4) is 0 Å². The molecular weight excluding hydrogens is 182 g/mol. The Morgan fingerprint density at radius 1 is 1.78 bits per heavy atom. The minimum Gasteiger partial charge on any atom is -0.350 e. The van der Waals surface area contributed by atoms with Crippen LogP contribution in [-0.2, 0) is 4.79 Å². The fraction of sp³-hybridized carbons (Fsp3) is 0.500. The molecule has 1 rings (SSSR count). The maximum Gasteiger partial charge on any atom is 0.220 e. The second-order valence-corrected chi connectivity index (χ2v) is 1.95. The van der Waals surface area contributed by atoms with Crippen LogP contribution in [0.25, 0.3) is 0 Å². The first-order valence-corrected chi connectivity index (χ1v) is 2.75. The fourth-order valence-corrected chi connectivity index (χ4v) is 0.814. The van der Waals surface area contributed by atoms with E-state index in [2.05, 4.69) is 11.9 Å². The number of rotatable bonds is 1. The Morgan fingerprint density at radius 3 is 2.67 bits per heavy atom. The quantitative estimate of drug-likeness (QED) is 0.617. The third-order valence-electron chi connectivity index (χ3n) is 1.31. The average molecular weight is 192 g/mol. The smallest absolute Gasteiger partial charge is 0.220 e. The average Bonchev–Trinajstić information content (AvgIpc) is 2.14. The molecule has 2 nitrogen and oxygen atoms in total. The van der Waals surface area contributed by atoms with Gasteiger partial charge in [-0.25, -0.2) is 0 Å². The predicted molar refractivity (Wildman–Crippen MR) is 41.7 cm³/mol. The molecule has 0 radical (unpaired) electrons. The summed E-state index contributed by atoms with van der Waals surface area (Å²) in [6.45, 7) is 3.56. The van der Waals surface area contributed by atoms with Crippen molar-refractivity contribution in [1.29, 1.82) is 0 Å². The van der Waals surface area contributed by atoms with E-state index >= 15 is 0 Å². The van der Waals surface area contributed by atoms with Gasteiger partial charge in [-0.1, -0.05) is 6.08 Å². The van der Waals surface area contributed by atoms with Crippen molar-refractivity contribution in [1.82, 2.24) is 5.32 Å². The Labute approximate surface area is 65.1 Å². The van der Waals surface area contributed by atoms with E-state index in [9.17, 15) is 4.79 Å². The highest BCUT2D eigenvalue weighted by atomic mass is 79.9. The first kappa shape index (κ1) is 8.69. The molecule has 1 fully saturated rings. The zero-order valence-corrected chi connectivity index (χ0v) is 6.81. The standard InChI is InChI=1S/C6H9NO.BrH/c1-2-5-3-4-6(8)7-5;/h2,5H,1,3-4H2,(H,7,8);1H. The van der Waals surface area contributed by atoms with Gasteiger partial charge in [0.05, 0.1) is 0 Å². The molecule has 1 N–H and O–H groups in total. The summed E-state index contributed by atoms with van der Waals surface area (Å²) >= 11 is 0. The van der Waals surface area contributed by atoms with Crippen molar-refractivity contribution >= 4 is 22.9 Å². The van der Waals surface area contributed by atoms with Gasteiger partial charge < -0.3 is 5.32 Å². The summed E-state index contributed by atoms with van der Waals surface area (Å²) in [7, 11) is 0. The number of halogens is 1. The van der Waals surface area contributed by atoms with Crippen LogP contribution in [0, 0.1) is 0 Å². The summed E-state index contributed by atoms with van der Waals surface area (Å²) in [5.74, 6) is 0.148. The van der Waals surface area contributed by atoms with E-state index in [0.717, 1.165) is 6.42 Å². The summed E-state index contributed by atoms with van der Waals surface area (Å²) in [6, 6.07) is 0.238. The van der Waals surface area contributed by atoms with Crippen LogP contribution in [0.5, 0.6) is 0 Å². The molecule has 1 amide bonds. The SMILES string of the molecule is Br.C=CC1CCC(=O)N1. The Bertz CT molecular complexity index is 124. The predicted octanol–water partition coefficient (Wildman–Crippen LogP) is 1.03. The Hall–Kier alpha value is -0.310. The number of nitrogens with one attached hydrogen (secondary N) is 1. The fourth-order valence-electron chi connectivity index (χ4n) is 0.814. The van der Waals surface area contributed by atoms with Gasteiger partial charge in [-0.2, -0.15) is 0 Å².